The minimum Gasteiger partial charge on any atom is -0.508 e. The van der Waals surface area contributed by atoms with Crippen LogP contribution in [-0.4, -0.2) is 14.2 Å². The van der Waals surface area contributed by atoms with Gasteiger partial charge in [-0.25, -0.2) is 0 Å². The van der Waals surface area contributed by atoms with E-state index in [1.165, 1.54) is 32.5 Å². The maximum Gasteiger partial charge on any atom is 0.159 e. The second kappa shape index (κ2) is 12.4. The number of hydrogen-bond donors (Lipinski definition) is 1. The lowest BCUT2D eigenvalue weighted by molar-refractivity contribution is 0.476. The van der Waals surface area contributed by atoms with E-state index in [-0.39, 0.29) is 5.75 Å². The third kappa shape index (κ3) is 4.71. The summed E-state index contributed by atoms with van der Waals surface area (Å²) in [5.41, 5.74) is 12.4. The Labute approximate surface area is 333 Å². The summed E-state index contributed by atoms with van der Waals surface area (Å²) in [5, 5.41) is 19.9. The molecular weight excluding hydrogens is 711 g/mol. The zero-order valence-corrected chi connectivity index (χ0v) is 31.6. The minimum atomic E-state index is 0.247. The number of anilines is 3. The number of hydrogen-bond acceptors (Lipinski definition) is 3. The summed E-state index contributed by atoms with van der Waals surface area (Å²) in [6.45, 7) is 2.14. The third-order valence-electron chi connectivity index (χ3n) is 11.8. The van der Waals surface area contributed by atoms with Gasteiger partial charge in [-0.1, -0.05) is 97.1 Å². The third-order valence-corrected chi connectivity index (χ3v) is 11.8. The molecule has 0 saturated carbocycles. The van der Waals surface area contributed by atoms with Crippen LogP contribution >= 0.6 is 0 Å². The van der Waals surface area contributed by atoms with Gasteiger partial charge < -0.3 is 23.6 Å². The zero-order valence-electron chi connectivity index (χ0n) is 31.6. The van der Waals surface area contributed by atoms with Crippen molar-refractivity contribution in [1.29, 1.82) is 0 Å². The number of furan rings is 1. The molecule has 3 heterocycles. The molecule has 274 valence electrons. The van der Waals surface area contributed by atoms with Crippen molar-refractivity contribution in [1.82, 2.24) is 9.13 Å². The van der Waals surface area contributed by atoms with Crippen molar-refractivity contribution in [3.63, 3.8) is 0 Å². The van der Waals surface area contributed by atoms with Gasteiger partial charge in [0.2, 0.25) is 0 Å². The molecule has 0 radical (unpaired) electrons. The summed E-state index contributed by atoms with van der Waals surface area (Å²) in [6.07, 6.45) is 0. The standard InChI is InChI=1S/C53H35N3O2/c1-33-12-10-17-36(30-33)54(47-20-11-19-42-39-18-8-9-21-50(39)58-53(42)47)37-22-24-43-48(31-37)55(34-13-4-2-5-14-34)45-28-26-41-40(51(43)45)27-29-46-52(41)44-25-23-38(57)32-49(44)56(46)35-15-6-3-7-16-35/h2-32,57H,1H3. The van der Waals surface area contributed by atoms with Crippen LogP contribution < -0.4 is 4.90 Å². The average molecular weight is 746 g/mol. The molecule has 0 fully saturated rings. The number of aryl methyl sites for hydroxylation is 1. The molecule has 0 bridgehead atoms. The van der Waals surface area contributed by atoms with Crippen LogP contribution in [0.15, 0.2) is 192 Å². The number of phenols is 1. The van der Waals surface area contributed by atoms with Crippen LogP contribution in [0.4, 0.5) is 17.1 Å². The number of aromatic hydroxyl groups is 1. The van der Waals surface area contributed by atoms with Crippen LogP contribution in [0.5, 0.6) is 5.75 Å². The van der Waals surface area contributed by atoms with Gasteiger partial charge in [0.25, 0.3) is 0 Å². The number of para-hydroxylation sites is 4. The van der Waals surface area contributed by atoms with Crippen LogP contribution in [0.3, 0.4) is 0 Å². The van der Waals surface area contributed by atoms with E-state index in [0.29, 0.717) is 0 Å². The Morgan fingerprint density at radius 2 is 1.00 bits per heavy atom. The van der Waals surface area contributed by atoms with Crippen molar-refractivity contribution in [3.8, 4) is 17.1 Å². The molecule has 5 nitrogen and oxygen atoms in total. The molecule has 0 amide bonds. The van der Waals surface area contributed by atoms with Gasteiger partial charge >= 0.3 is 0 Å². The van der Waals surface area contributed by atoms with Crippen molar-refractivity contribution in [2.75, 3.05) is 4.90 Å². The summed E-state index contributed by atoms with van der Waals surface area (Å²) >= 11 is 0. The molecule has 3 aromatic heterocycles. The molecule has 12 rings (SSSR count). The topological polar surface area (TPSA) is 46.5 Å². The summed E-state index contributed by atoms with van der Waals surface area (Å²) < 4.78 is 11.3. The Hall–Kier alpha value is -7.76. The minimum absolute atomic E-state index is 0.247. The molecule has 12 aromatic rings. The molecule has 58 heavy (non-hydrogen) atoms. The highest BCUT2D eigenvalue weighted by Crippen LogP contribution is 2.46. The molecule has 0 aliphatic rings. The first-order chi connectivity index (χ1) is 28.6. The maximum absolute atomic E-state index is 10.7. The van der Waals surface area contributed by atoms with Crippen molar-refractivity contribution in [2.24, 2.45) is 0 Å². The normalized spacial score (nSPS) is 11.9. The molecule has 5 heteroatoms. The van der Waals surface area contributed by atoms with Crippen LogP contribution in [-0.2, 0) is 0 Å². The monoisotopic (exact) mass is 745 g/mol. The average Bonchev–Trinajstić information content (AvgIpc) is 3.92. The Bertz CT molecular complexity index is 3590. The fourth-order valence-corrected chi connectivity index (χ4v) is 9.37. The van der Waals surface area contributed by atoms with Gasteiger partial charge in [0.15, 0.2) is 5.58 Å². The van der Waals surface area contributed by atoms with Crippen molar-refractivity contribution in [3.05, 3.63) is 194 Å². The summed E-state index contributed by atoms with van der Waals surface area (Å²) in [5.74, 6) is 0.247. The van der Waals surface area contributed by atoms with E-state index in [2.05, 4.69) is 179 Å². The second-order valence-corrected chi connectivity index (χ2v) is 15.2. The van der Waals surface area contributed by atoms with Crippen molar-refractivity contribution >= 4 is 93.4 Å². The van der Waals surface area contributed by atoms with Crippen LogP contribution in [0.1, 0.15) is 5.56 Å². The Morgan fingerprint density at radius 1 is 0.431 bits per heavy atom. The lowest BCUT2D eigenvalue weighted by atomic mass is 9.99. The lowest BCUT2D eigenvalue weighted by Crippen LogP contribution is -2.10. The van der Waals surface area contributed by atoms with Crippen molar-refractivity contribution < 1.29 is 9.52 Å². The molecule has 0 saturated heterocycles. The first-order valence-electron chi connectivity index (χ1n) is 19.7. The van der Waals surface area contributed by atoms with Gasteiger partial charge in [0.1, 0.15) is 11.3 Å². The summed E-state index contributed by atoms with van der Waals surface area (Å²) in [4.78, 5) is 2.33. The lowest BCUT2D eigenvalue weighted by Gasteiger charge is -2.26. The first-order valence-corrected chi connectivity index (χ1v) is 19.7. The molecule has 0 unspecified atom stereocenters. The molecule has 0 aliphatic carbocycles. The quantitative estimate of drug-likeness (QED) is 0.191. The van der Waals surface area contributed by atoms with E-state index in [9.17, 15) is 5.11 Å². The molecule has 0 aliphatic heterocycles. The van der Waals surface area contributed by atoms with Gasteiger partial charge in [-0.2, -0.15) is 0 Å². The molecule has 9 aromatic carbocycles. The summed E-state index contributed by atoms with van der Waals surface area (Å²) in [7, 11) is 0. The number of phenolic OH excluding ortho intramolecular Hbond substituents is 1. The molecule has 0 spiro atoms. The van der Waals surface area contributed by atoms with Gasteiger partial charge in [-0.05, 0) is 108 Å². The predicted octanol–water partition coefficient (Wildman–Crippen LogP) is 14.4. The van der Waals surface area contributed by atoms with Crippen LogP contribution in [0, 0.1) is 6.92 Å². The number of aromatic nitrogens is 2. The van der Waals surface area contributed by atoms with E-state index in [1.807, 2.05) is 24.3 Å². The Kier molecular flexibility index (Phi) is 6.93. The van der Waals surface area contributed by atoms with E-state index in [4.69, 9.17) is 4.42 Å². The van der Waals surface area contributed by atoms with E-state index >= 15 is 0 Å². The highest BCUT2D eigenvalue weighted by molar-refractivity contribution is 6.30. The van der Waals surface area contributed by atoms with Gasteiger partial charge in [0.05, 0.1) is 27.8 Å². The largest absolute Gasteiger partial charge is 0.508 e. The number of fused-ring (bicyclic) bond motifs is 12. The fourth-order valence-electron chi connectivity index (χ4n) is 9.37. The zero-order chi connectivity index (χ0) is 38.5. The number of benzene rings is 9. The van der Waals surface area contributed by atoms with Gasteiger partial charge in [-0.3, -0.25) is 0 Å². The van der Waals surface area contributed by atoms with E-state index < -0.39 is 0 Å². The molecule has 1 N–H and O–H groups in total. The smallest absolute Gasteiger partial charge is 0.159 e. The van der Waals surface area contributed by atoms with Crippen molar-refractivity contribution in [2.45, 2.75) is 6.92 Å². The summed E-state index contributed by atoms with van der Waals surface area (Å²) in [6, 6.07) is 66.1. The van der Waals surface area contributed by atoms with Crippen LogP contribution in [0.2, 0.25) is 0 Å². The van der Waals surface area contributed by atoms with E-state index in [0.717, 1.165) is 77.8 Å². The first kappa shape index (κ1) is 32.5. The Balaban J connectivity index is 1.17. The van der Waals surface area contributed by atoms with Crippen LogP contribution in [0.25, 0.3) is 87.7 Å². The number of rotatable bonds is 5. The highest BCUT2D eigenvalue weighted by Gasteiger charge is 2.23. The number of nitrogens with zero attached hydrogens (tertiary/aromatic N) is 3. The van der Waals surface area contributed by atoms with Gasteiger partial charge in [-0.15, -0.1) is 0 Å². The molecular formula is C53H35N3O2. The van der Waals surface area contributed by atoms with E-state index in [1.54, 1.807) is 6.07 Å². The van der Waals surface area contributed by atoms with Gasteiger partial charge in [0, 0.05) is 61.1 Å². The highest BCUT2D eigenvalue weighted by atomic mass is 16.3. The SMILES string of the molecule is Cc1cccc(N(c2ccc3c4c5ccc6c(c5ccc4n(-c4ccccc4)c3c2)c2ccc(O)cc2n6-c2ccccc2)c2cccc3c2oc2ccccc23)c1. The Morgan fingerprint density at radius 3 is 1.69 bits per heavy atom. The predicted molar refractivity (Wildman–Crippen MR) is 241 cm³/mol. The molecule has 0 atom stereocenters. The maximum atomic E-state index is 10.7. The fraction of sp³-hybridized carbons (Fsp3) is 0.0189. The second-order valence-electron chi connectivity index (χ2n) is 15.2.